The van der Waals surface area contributed by atoms with E-state index in [-0.39, 0.29) is 5.52 Å². The number of fused-ring (bicyclic) bond motifs is 1. The van der Waals surface area contributed by atoms with Crippen LogP contribution in [0.1, 0.15) is 15.9 Å². The number of aromatic nitrogens is 1. The van der Waals surface area contributed by atoms with Crippen molar-refractivity contribution in [1.29, 1.82) is 0 Å². The van der Waals surface area contributed by atoms with E-state index >= 15 is 0 Å². The second kappa shape index (κ2) is 3.44. The minimum atomic E-state index is -4.67. The highest BCUT2D eigenvalue weighted by Crippen LogP contribution is 2.35. The van der Waals surface area contributed by atoms with Gasteiger partial charge < -0.3 is 5.11 Å². The molecule has 0 aliphatic rings. The molecule has 0 amide bonds. The Kier molecular flexibility index (Phi) is 2.34. The zero-order valence-corrected chi connectivity index (χ0v) is 8.39. The number of aromatic carboxylic acids is 1. The highest BCUT2D eigenvalue weighted by Gasteiger charge is 2.35. The first-order valence-electron chi connectivity index (χ1n) is 4.07. The van der Waals surface area contributed by atoms with Gasteiger partial charge in [0.15, 0.2) is 0 Å². The summed E-state index contributed by atoms with van der Waals surface area (Å²) in [6.07, 6.45) is -4.67. The molecule has 1 heterocycles. The van der Waals surface area contributed by atoms with Crippen LogP contribution in [0, 0.1) is 0 Å². The first-order valence-corrected chi connectivity index (χ1v) is 4.95. The van der Waals surface area contributed by atoms with Gasteiger partial charge in [-0.2, -0.15) is 13.2 Å². The molecule has 1 N–H and O–H groups in total. The summed E-state index contributed by atoms with van der Waals surface area (Å²) < 4.78 is 38.0. The Morgan fingerprint density at radius 2 is 2.06 bits per heavy atom. The molecule has 0 unspecified atom stereocenters. The van der Waals surface area contributed by atoms with Gasteiger partial charge in [0.2, 0.25) is 0 Å². The van der Waals surface area contributed by atoms with Gasteiger partial charge in [0.1, 0.15) is 0 Å². The van der Waals surface area contributed by atoms with Gasteiger partial charge in [0, 0.05) is 0 Å². The highest BCUT2D eigenvalue weighted by molar-refractivity contribution is 7.16. The van der Waals surface area contributed by atoms with Crippen LogP contribution < -0.4 is 0 Å². The van der Waals surface area contributed by atoms with Crippen molar-refractivity contribution in [2.75, 3.05) is 0 Å². The lowest BCUT2D eigenvalue weighted by Gasteiger charge is -2.09. The summed E-state index contributed by atoms with van der Waals surface area (Å²) in [5, 5.41) is 8.70. The zero-order chi connectivity index (χ0) is 11.9. The van der Waals surface area contributed by atoms with Crippen LogP contribution in [0.5, 0.6) is 0 Å². The number of carboxylic acid groups (broad SMARTS) is 1. The van der Waals surface area contributed by atoms with Crippen LogP contribution >= 0.6 is 11.3 Å². The lowest BCUT2D eigenvalue weighted by molar-refractivity contribution is -0.138. The molecule has 0 bridgehead atoms. The predicted octanol–water partition coefficient (Wildman–Crippen LogP) is 3.01. The zero-order valence-electron chi connectivity index (χ0n) is 7.58. The Hall–Kier alpha value is -1.63. The molecule has 84 valence electrons. The number of hydrogen-bond donors (Lipinski definition) is 1. The Bertz CT molecular complexity index is 561. The maximum atomic E-state index is 12.6. The Balaban J connectivity index is 2.77. The number of thiazole rings is 1. The standard InChI is InChI=1S/C9H4F3NO2S/c10-9(11,12)5-2-7-6(13-3-16-7)1-4(5)8(14)15/h1-3H,(H,14,15). The molecule has 0 aliphatic heterocycles. The number of benzene rings is 1. The van der Waals surface area contributed by atoms with Crippen molar-refractivity contribution in [3.63, 3.8) is 0 Å². The van der Waals surface area contributed by atoms with Crippen LogP contribution in [-0.2, 0) is 6.18 Å². The highest BCUT2D eigenvalue weighted by atomic mass is 32.1. The van der Waals surface area contributed by atoms with Crippen LogP contribution in [0.15, 0.2) is 17.6 Å². The van der Waals surface area contributed by atoms with Crippen LogP contribution in [0.4, 0.5) is 13.2 Å². The maximum absolute atomic E-state index is 12.6. The molecule has 0 radical (unpaired) electrons. The third-order valence-corrected chi connectivity index (χ3v) is 2.80. The number of rotatable bonds is 1. The van der Waals surface area contributed by atoms with Crippen LogP contribution in [0.2, 0.25) is 0 Å². The van der Waals surface area contributed by atoms with Gasteiger partial charge in [0.25, 0.3) is 0 Å². The van der Waals surface area contributed by atoms with Gasteiger partial charge >= 0.3 is 12.1 Å². The number of hydrogen-bond acceptors (Lipinski definition) is 3. The number of nitrogens with zero attached hydrogens (tertiary/aromatic N) is 1. The second-order valence-electron chi connectivity index (χ2n) is 3.02. The van der Waals surface area contributed by atoms with E-state index in [0.717, 1.165) is 23.5 Å². The summed E-state index contributed by atoms with van der Waals surface area (Å²) in [6.45, 7) is 0. The Morgan fingerprint density at radius 1 is 1.38 bits per heavy atom. The van der Waals surface area contributed by atoms with Gasteiger partial charge in [-0.1, -0.05) is 0 Å². The number of carboxylic acids is 1. The van der Waals surface area contributed by atoms with Crippen molar-refractivity contribution in [2.45, 2.75) is 6.18 Å². The van der Waals surface area contributed by atoms with Crippen molar-refractivity contribution in [2.24, 2.45) is 0 Å². The quantitative estimate of drug-likeness (QED) is 0.842. The number of carbonyl (C=O) groups is 1. The topological polar surface area (TPSA) is 50.2 Å². The largest absolute Gasteiger partial charge is 0.478 e. The Morgan fingerprint density at radius 3 is 2.62 bits per heavy atom. The molecule has 2 rings (SSSR count). The molecule has 0 spiro atoms. The van der Waals surface area contributed by atoms with Gasteiger partial charge in [-0.15, -0.1) is 11.3 Å². The van der Waals surface area contributed by atoms with E-state index in [9.17, 15) is 18.0 Å². The van der Waals surface area contributed by atoms with Crippen molar-refractivity contribution in [3.05, 3.63) is 28.8 Å². The number of halogens is 3. The summed E-state index contributed by atoms with van der Waals surface area (Å²) in [5.41, 5.74) is -0.283. The van der Waals surface area contributed by atoms with Gasteiger partial charge in [0.05, 0.1) is 26.9 Å². The van der Waals surface area contributed by atoms with E-state index in [1.165, 1.54) is 5.51 Å². The third-order valence-electron chi connectivity index (χ3n) is 2.01. The van der Waals surface area contributed by atoms with Crippen molar-refractivity contribution in [1.82, 2.24) is 4.98 Å². The normalized spacial score (nSPS) is 11.9. The summed E-state index contributed by atoms with van der Waals surface area (Å²) in [6, 6.07) is 1.76. The molecular formula is C9H4F3NO2S. The van der Waals surface area contributed by atoms with E-state index in [1.54, 1.807) is 0 Å². The maximum Gasteiger partial charge on any atom is 0.417 e. The molecule has 7 heteroatoms. The monoisotopic (exact) mass is 247 g/mol. The van der Waals surface area contributed by atoms with Gasteiger partial charge in [-0.25, -0.2) is 9.78 Å². The fraction of sp³-hybridized carbons (Fsp3) is 0.111. The average molecular weight is 247 g/mol. The smallest absolute Gasteiger partial charge is 0.417 e. The second-order valence-corrected chi connectivity index (χ2v) is 3.91. The fourth-order valence-electron chi connectivity index (χ4n) is 1.32. The molecule has 0 aliphatic carbocycles. The van der Waals surface area contributed by atoms with Crippen LogP contribution in [0.3, 0.4) is 0 Å². The van der Waals surface area contributed by atoms with E-state index < -0.39 is 23.3 Å². The van der Waals surface area contributed by atoms with E-state index in [0.29, 0.717) is 4.70 Å². The first kappa shape index (κ1) is 10.9. The minimum Gasteiger partial charge on any atom is -0.478 e. The molecule has 1 aromatic carbocycles. The van der Waals surface area contributed by atoms with Crippen LogP contribution in [-0.4, -0.2) is 16.1 Å². The summed E-state index contributed by atoms with van der Waals surface area (Å²) >= 11 is 1.03. The number of alkyl halides is 3. The molecule has 0 fully saturated rings. The van der Waals surface area contributed by atoms with Crippen LogP contribution in [0.25, 0.3) is 10.2 Å². The third kappa shape index (κ3) is 1.73. The van der Waals surface area contributed by atoms with Crippen molar-refractivity contribution in [3.8, 4) is 0 Å². The lowest BCUT2D eigenvalue weighted by Crippen LogP contribution is -2.12. The van der Waals surface area contributed by atoms with Gasteiger partial charge in [-0.05, 0) is 12.1 Å². The molecule has 3 nitrogen and oxygen atoms in total. The predicted molar refractivity (Wildman–Crippen MR) is 51.6 cm³/mol. The summed E-state index contributed by atoms with van der Waals surface area (Å²) in [4.78, 5) is 14.5. The minimum absolute atomic E-state index is 0.260. The Labute approximate surface area is 91.2 Å². The van der Waals surface area contributed by atoms with Crippen molar-refractivity contribution < 1.29 is 23.1 Å². The van der Waals surface area contributed by atoms with E-state index in [4.69, 9.17) is 5.11 Å². The molecule has 16 heavy (non-hydrogen) atoms. The fourth-order valence-corrected chi connectivity index (χ4v) is 2.01. The molecule has 0 saturated carbocycles. The van der Waals surface area contributed by atoms with E-state index in [1.807, 2.05) is 0 Å². The van der Waals surface area contributed by atoms with Gasteiger partial charge in [-0.3, -0.25) is 0 Å². The summed E-state index contributed by atoms with van der Waals surface area (Å²) in [5.74, 6) is -1.61. The first-order chi connectivity index (χ1) is 7.39. The SMILES string of the molecule is O=C(O)c1cc2ncsc2cc1C(F)(F)F. The molecule has 0 atom stereocenters. The van der Waals surface area contributed by atoms with E-state index in [2.05, 4.69) is 4.98 Å². The molecule has 1 aromatic heterocycles. The summed E-state index contributed by atoms with van der Waals surface area (Å²) in [7, 11) is 0. The average Bonchev–Trinajstić information content (AvgIpc) is 2.60. The van der Waals surface area contributed by atoms with Crippen molar-refractivity contribution >= 4 is 27.5 Å². The lowest BCUT2D eigenvalue weighted by atomic mass is 10.1. The molecular weight excluding hydrogens is 243 g/mol. The molecule has 2 aromatic rings. The molecule has 0 saturated heterocycles.